The number of likely N-dealkylation sites (tertiary alicyclic amines) is 1. The van der Waals surface area contributed by atoms with E-state index in [4.69, 9.17) is 11.6 Å². The van der Waals surface area contributed by atoms with Crippen molar-refractivity contribution in [3.05, 3.63) is 64.7 Å². The molecule has 1 saturated heterocycles. The van der Waals surface area contributed by atoms with E-state index in [-0.39, 0.29) is 18.5 Å². The van der Waals surface area contributed by atoms with Gasteiger partial charge in [-0.3, -0.25) is 9.69 Å². The van der Waals surface area contributed by atoms with E-state index in [9.17, 15) is 4.79 Å². The lowest BCUT2D eigenvalue weighted by Crippen LogP contribution is -2.30. The standard InChI is InChI=1S/C21H26ClN3O/c1-16(18-5-4-6-19(22)13-18)23-14-21(26)24-20-9-7-17(8-10-20)15-25-11-2-3-12-25/h4-10,13,16,23H,2-3,11-12,14-15H2,1H3,(H,24,26)/t16-/m1/s1. The molecule has 2 aromatic carbocycles. The summed E-state index contributed by atoms with van der Waals surface area (Å²) in [4.78, 5) is 14.6. The van der Waals surface area contributed by atoms with Gasteiger partial charge in [0, 0.05) is 23.3 Å². The summed E-state index contributed by atoms with van der Waals surface area (Å²) in [6.45, 7) is 5.65. The van der Waals surface area contributed by atoms with Crippen LogP contribution in [0.3, 0.4) is 0 Å². The van der Waals surface area contributed by atoms with Gasteiger partial charge in [-0.25, -0.2) is 0 Å². The molecule has 0 aromatic heterocycles. The fourth-order valence-electron chi connectivity index (χ4n) is 3.24. The molecule has 138 valence electrons. The summed E-state index contributed by atoms with van der Waals surface area (Å²) in [6, 6.07) is 15.9. The second-order valence-electron chi connectivity index (χ2n) is 6.89. The van der Waals surface area contributed by atoms with Crippen LogP contribution in [0.5, 0.6) is 0 Å². The molecule has 1 atom stereocenters. The third-order valence-corrected chi connectivity index (χ3v) is 5.00. The smallest absolute Gasteiger partial charge is 0.238 e. The molecule has 3 rings (SSSR count). The minimum Gasteiger partial charge on any atom is -0.325 e. The first-order valence-corrected chi connectivity index (χ1v) is 9.58. The van der Waals surface area contributed by atoms with Gasteiger partial charge >= 0.3 is 0 Å². The predicted octanol–water partition coefficient (Wildman–Crippen LogP) is 4.23. The molecule has 5 heteroatoms. The Kier molecular flexibility index (Phi) is 6.67. The average Bonchev–Trinajstić information content (AvgIpc) is 3.14. The zero-order valence-corrected chi connectivity index (χ0v) is 15.9. The van der Waals surface area contributed by atoms with E-state index < -0.39 is 0 Å². The molecule has 2 N–H and O–H groups in total. The Bertz CT molecular complexity index is 726. The molecule has 4 nitrogen and oxygen atoms in total. The van der Waals surface area contributed by atoms with Crippen LogP contribution in [-0.2, 0) is 11.3 Å². The minimum absolute atomic E-state index is 0.0498. The Morgan fingerprint density at radius 1 is 1.15 bits per heavy atom. The first kappa shape index (κ1) is 18.9. The number of benzene rings is 2. The molecule has 2 aromatic rings. The maximum absolute atomic E-state index is 12.2. The summed E-state index contributed by atoms with van der Waals surface area (Å²) in [5.74, 6) is -0.0498. The Hall–Kier alpha value is -1.88. The number of hydrogen-bond acceptors (Lipinski definition) is 3. The van der Waals surface area contributed by atoms with Crippen molar-refractivity contribution in [1.82, 2.24) is 10.2 Å². The normalized spacial score (nSPS) is 15.8. The Morgan fingerprint density at radius 3 is 2.58 bits per heavy atom. The third kappa shape index (κ3) is 5.56. The number of hydrogen-bond donors (Lipinski definition) is 2. The van der Waals surface area contributed by atoms with Crippen molar-refractivity contribution in [2.75, 3.05) is 25.0 Å². The molecule has 0 bridgehead atoms. The van der Waals surface area contributed by atoms with Crippen molar-refractivity contribution >= 4 is 23.2 Å². The number of nitrogens with zero attached hydrogens (tertiary/aromatic N) is 1. The second-order valence-corrected chi connectivity index (χ2v) is 7.32. The molecule has 26 heavy (non-hydrogen) atoms. The van der Waals surface area contributed by atoms with Gasteiger partial charge in [0.05, 0.1) is 6.54 Å². The van der Waals surface area contributed by atoms with Crippen LogP contribution in [0.25, 0.3) is 0 Å². The zero-order valence-electron chi connectivity index (χ0n) is 15.2. The van der Waals surface area contributed by atoms with Gasteiger partial charge in [-0.05, 0) is 68.2 Å². The fourth-order valence-corrected chi connectivity index (χ4v) is 3.44. The van der Waals surface area contributed by atoms with Crippen molar-refractivity contribution in [2.24, 2.45) is 0 Å². The van der Waals surface area contributed by atoms with Crippen LogP contribution in [0.1, 0.15) is 36.9 Å². The molecule has 1 aliphatic rings. The summed E-state index contributed by atoms with van der Waals surface area (Å²) in [6.07, 6.45) is 2.60. The van der Waals surface area contributed by atoms with Crippen molar-refractivity contribution in [2.45, 2.75) is 32.4 Å². The highest BCUT2D eigenvalue weighted by atomic mass is 35.5. The van der Waals surface area contributed by atoms with Gasteiger partial charge in [0.2, 0.25) is 5.91 Å². The monoisotopic (exact) mass is 371 g/mol. The molecule has 1 aliphatic heterocycles. The number of amides is 1. The van der Waals surface area contributed by atoms with Crippen LogP contribution < -0.4 is 10.6 Å². The van der Waals surface area contributed by atoms with Crippen molar-refractivity contribution in [3.63, 3.8) is 0 Å². The fraction of sp³-hybridized carbons (Fsp3) is 0.381. The van der Waals surface area contributed by atoms with Crippen LogP contribution in [-0.4, -0.2) is 30.4 Å². The molecule has 0 unspecified atom stereocenters. The lowest BCUT2D eigenvalue weighted by Gasteiger charge is -2.16. The van der Waals surface area contributed by atoms with E-state index in [1.54, 1.807) is 0 Å². The lowest BCUT2D eigenvalue weighted by atomic mass is 10.1. The van der Waals surface area contributed by atoms with Gasteiger partial charge < -0.3 is 10.6 Å². The number of anilines is 1. The van der Waals surface area contributed by atoms with Crippen LogP contribution in [0.4, 0.5) is 5.69 Å². The van der Waals surface area contributed by atoms with E-state index in [0.29, 0.717) is 5.02 Å². The molecule has 0 saturated carbocycles. The highest BCUT2D eigenvalue weighted by Crippen LogP contribution is 2.17. The number of nitrogens with one attached hydrogen (secondary N) is 2. The number of rotatable bonds is 7. The van der Waals surface area contributed by atoms with Crippen molar-refractivity contribution < 1.29 is 4.79 Å². The van der Waals surface area contributed by atoms with Gasteiger partial charge in [0.25, 0.3) is 0 Å². The number of carbonyl (C=O) groups is 1. The topological polar surface area (TPSA) is 44.4 Å². The van der Waals surface area contributed by atoms with Crippen LogP contribution in [0.15, 0.2) is 48.5 Å². The van der Waals surface area contributed by atoms with Crippen molar-refractivity contribution in [1.29, 1.82) is 0 Å². The van der Waals surface area contributed by atoms with Crippen LogP contribution in [0, 0.1) is 0 Å². The maximum Gasteiger partial charge on any atom is 0.238 e. The van der Waals surface area contributed by atoms with Crippen LogP contribution >= 0.6 is 11.6 Å². The van der Waals surface area contributed by atoms with Gasteiger partial charge in [0.1, 0.15) is 0 Å². The highest BCUT2D eigenvalue weighted by Gasteiger charge is 2.12. The second kappa shape index (κ2) is 9.17. The SMILES string of the molecule is C[C@@H](NCC(=O)Nc1ccc(CN2CCCC2)cc1)c1cccc(Cl)c1. The van der Waals surface area contributed by atoms with E-state index in [1.165, 1.54) is 31.5 Å². The maximum atomic E-state index is 12.2. The Labute approximate surface area is 160 Å². The number of halogens is 1. The summed E-state index contributed by atoms with van der Waals surface area (Å²) in [5, 5.41) is 6.87. The van der Waals surface area contributed by atoms with E-state index >= 15 is 0 Å². The first-order chi connectivity index (χ1) is 12.6. The lowest BCUT2D eigenvalue weighted by molar-refractivity contribution is -0.115. The molecular weight excluding hydrogens is 346 g/mol. The van der Waals surface area contributed by atoms with Crippen LogP contribution in [0.2, 0.25) is 5.02 Å². The summed E-state index contributed by atoms with van der Waals surface area (Å²) in [7, 11) is 0. The van der Waals surface area contributed by atoms with E-state index in [1.807, 2.05) is 43.3 Å². The Morgan fingerprint density at radius 2 is 1.88 bits per heavy atom. The summed E-state index contributed by atoms with van der Waals surface area (Å²) < 4.78 is 0. The van der Waals surface area contributed by atoms with Crippen molar-refractivity contribution in [3.8, 4) is 0 Å². The molecule has 1 heterocycles. The number of carbonyl (C=O) groups excluding carboxylic acids is 1. The van der Waals surface area contributed by atoms with Gasteiger partial charge in [0.15, 0.2) is 0 Å². The predicted molar refractivity (Wildman–Crippen MR) is 107 cm³/mol. The largest absolute Gasteiger partial charge is 0.325 e. The first-order valence-electron chi connectivity index (χ1n) is 9.20. The van der Waals surface area contributed by atoms with Gasteiger partial charge in [-0.15, -0.1) is 0 Å². The van der Waals surface area contributed by atoms with E-state index in [2.05, 4.69) is 27.7 Å². The molecular formula is C21H26ClN3O. The van der Waals surface area contributed by atoms with E-state index in [0.717, 1.165) is 17.8 Å². The molecule has 1 fully saturated rings. The molecule has 0 radical (unpaired) electrons. The summed E-state index contributed by atoms with van der Waals surface area (Å²) in [5.41, 5.74) is 3.19. The van der Waals surface area contributed by atoms with Gasteiger partial charge in [-0.1, -0.05) is 35.9 Å². The summed E-state index contributed by atoms with van der Waals surface area (Å²) >= 11 is 6.02. The average molecular weight is 372 g/mol. The molecule has 1 amide bonds. The van der Waals surface area contributed by atoms with Gasteiger partial charge in [-0.2, -0.15) is 0 Å². The quantitative estimate of drug-likeness (QED) is 0.765. The molecule has 0 spiro atoms. The zero-order chi connectivity index (χ0) is 18.4. The third-order valence-electron chi connectivity index (χ3n) is 4.76. The highest BCUT2D eigenvalue weighted by molar-refractivity contribution is 6.30. The Balaban J connectivity index is 1.45. The molecule has 0 aliphatic carbocycles. The minimum atomic E-state index is -0.0498.